The van der Waals surface area contributed by atoms with Crippen molar-refractivity contribution in [2.75, 3.05) is 12.4 Å². The van der Waals surface area contributed by atoms with Crippen molar-refractivity contribution >= 4 is 33.5 Å². The first-order valence-electron chi connectivity index (χ1n) is 6.16. The van der Waals surface area contributed by atoms with E-state index >= 15 is 0 Å². The van der Waals surface area contributed by atoms with Crippen LogP contribution in [-0.2, 0) is 16.1 Å². The summed E-state index contributed by atoms with van der Waals surface area (Å²) in [6.07, 6.45) is 3.05. The van der Waals surface area contributed by atoms with Gasteiger partial charge in [0.15, 0.2) is 0 Å². The second-order valence-electron chi connectivity index (χ2n) is 4.42. The molecule has 21 heavy (non-hydrogen) atoms. The van der Waals surface area contributed by atoms with Crippen LogP contribution in [0.1, 0.15) is 15.9 Å². The molecule has 2 rings (SSSR count). The summed E-state index contributed by atoms with van der Waals surface area (Å²) in [6, 6.07) is 5.34. The number of esters is 1. The van der Waals surface area contributed by atoms with Gasteiger partial charge >= 0.3 is 5.97 Å². The molecule has 0 fully saturated rings. The van der Waals surface area contributed by atoms with E-state index in [0.29, 0.717) is 11.3 Å². The maximum absolute atomic E-state index is 12.1. The van der Waals surface area contributed by atoms with Crippen molar-refractivity contribution in [3.8, 4) is 0 Å². The number of methoxy groups -OCH3 is 1. The highest BCUT2D eigenvalue weighted by atomic mass is 79.9. The van der Waals surface area contributed by atoms with Crippen LogP contribution in [0.25, 0.3) is 0 Å². The highest BCUT2D eigenvalue weighted by Crippen LogP contribution is 2.18. The second-order valence-corrected chi connectivity index (χ2v) is 5.28. The average Bonchev–Trinajstić information content (AvgIpc) is 2.88. The predicted octanol–water partition coefficient (Wildman–Crippen LogP) is 2.38. The molecule has 0 atom stereocenters. The zero-order chi connectivity index (χ0) is 15.4. The third-order valence-corrected chi connectivity index (χ3v) is 3.72. The largest absolute Gasteiger partial charge is 0.468 e. The van der Waals surface area contributed by atoms with E-state index in [1.807, 2.05) is 13.0 Å². The molecule has 1 heterocycles. The number of aryl methyl sites for hydroxylation is 1. The molecule has 2 aromatic rings. The fourth-order valence-corrected chi connectivity index (χ4v) is 1.95. The predicted molar refractivity (Wildman–Crippen MR) is 81.1 cm³/mol. The highest BCUT2D eigenvalue weighted by Gasteiger charge is 2.10. The van der Waals surface area contributed by atoms with Gasteiger partial charge in [-0.3, -0.25) is 14.3 Å². The molecular weight excluding hydrogens is 338 g/mol. The van der Waals surface area contributed by atoms with E-state index in [1.165, 1.54) is 18.0 Å². The van der Waals surface area contributed by atoms with Crippen LogP contribution in [0.4, 0.5) is 5.69 Å². The van der Waals surface area contributed by atoms with Gasteiger partial charge in [-0.05, 0) is 30.7 Å². The summed E-state index contributed by atoms with van der Waals surface area (Å²) in [5.74, 6) is -0.636. The van der Waals surface area contributed by atoms with E-state index in [9.17, 15) is 9.59 Å². The van der Waals surface area contributed by atoms with Crippen molar-refractivity contribution < 1.29 is 14.3 Å². The fourth-order valence-electron chi connectivity index (χ4n) is 1.70. The van der Waals surface area contributed by atoms with E-state index in [4.69, 9.17) is 0 Å². The lowest BCUT2D eigenvalue weighted by Crippen LogP contribution is -2.13. The lowest BCUT2D eigenvalue weighted by Gasteiger charge is -2.04. The maximum atomic E-state index is 12.1. The van der Waals surface area contributed by atoms with Gasteiger partial charge in [-0.1, -0.05) is 15.9 Å². The van der Waals surface area contributed by atoms with Gasteiger partial charge in [-0.25, -0.2) is 0 Å². The monoisotopic (exact) mass is 351 g/mol. The Balaban J connectivity index is 2.05. The summed E-state index contributed by atoms with van der Waals surface area (Å²) in [5.41, 5.74) is 2.05. The molecule has 0 radical (unpaired) electrons. The van der Waals surface area contributed by atoms with Crippen molar-refractivity contribution in [3.05, 3.63) is 46.2 Å². The first-order valence-corrected chi connectivity index (χ1v) is 6.95. The number of nitrogens with zero attached hydrogens (tertiary/aromatic N) is 2. The zero-order valence-electron chi connectivity index (χ0n) is 11.6. The fraction of sp³-hybridized carbons (Fsp3) is 0.214. The van der Waals surface area contributed by atoms with Crippen LogP contribution < -0.4 is 5.32 Å². The van der Waals surface area contributed by atoms with Crippen LogP contribution in [0.5, 0.6) is 0 Å². The van der Waals surface area contributed by atoms with E-state index in [0.717, 1.165) is 10.0 Å². The maximum Gasteiger partial charge on any atom is 0.327 e. The molecule has 1 N–H and O–H groups in total. The Hall–Kier alpha value is -2.15. The number of rotatable bonds is 4. The molecule has 7 heteroatoms. The molecule has 0 aliphatic rings. The molecule has 0 aliphatic carbocycles. The number of aromatic nitrogens is 2. The van der Waals surface area contributed by atoms with Gasteiger partial charge in [-0.15, -0.1) is 0 Å². The number of halogens is 1. The topological polar surface area (TPSA) is 73.2 Å². The van der Waals surface area contributed by atoms with E-state index < -0.39 is 5.97 Å². The van der Waals surface area contributed by atoms with Crippen LogP contribution in [0.15, 0.2) is 35.1 Å². The van der Waals surface area contributed by atoms with Crippen molar-refractivity contribution in [3.63, 3.8) is 0 Å². The number of carbonyl (C=O) groups excluding carboxylic acids is 2. The normalized spacial score (nSPS) is 10.2. The van der Waals surface area contributed by atoms with E-state index in [1.54, 1.807) is 18.3 Å². The standard InChI is InChI=1S/C14H14BrN3O3/c1-9-5-10(3-4-12(9)15)14(20)17-11-6-16-18(7-11)8-13(19)21-2/h3-7H,8H2,1-2H3,(H,17,20). The van der Waals surface area contributed by atoms with Crippen LogP contribution in [-0.4, -0.2) is 28.8 Å². The number of amides is 1. The molecule has 110 valence electrons. The third kappa shape index (κ3) is 3.91. The molecule has 6 nitrogen and oxygen atoms in total. The number of ether oxygens (including phenoxy) is 1. The Bertz CT molecular complexity index is 682. The summed E-state index contributed by atoms with van der Waals surface area (Å²) in [7, 11) is 1.31. The minimum absolute atomic E-state index is 0.00373. The molecule has 0 spiro atoms. The Morgan fingerprint density at radius 2 is 2.19 bits per heavy atom. The minimum Gasteiger partial charge on any atom is -0.468 e. The highest BCUT2D eigenvalue weighted by molar-refractivity contribution is 9.10. The van der Waals surface area contributed by atoms with Crippen molar-refractivity contribution in [2.45, 2.75) is 13.5 Å². The summed E-state index contributed by atoms with van der Waals surface area (Å²) >= 11 is 3.39. The molecule has 0 bridgehead atoms. The minimum atomic E-state index is -0.403. The number of hydrogen-bond acceptors (Lipinski definition) is 4. The average molecular weight is 352 g/mol. The summed E-state index contributed by atoms with van der Waals surface area (Å²) in [5, 5.41) is 6.70. The molecule has 0 saturated heterocycles. The summed E-state index contributed by atoms with van der Waals surface area (Å²) < 4.78 is 6.89. The molecule has 0 unspecified atom stereocenters. The quantitative estimate of drug-likeness (QED) is 0.858. The van der Waals surface area contributed by atoms with Crippen molar-refractivity contribution in [2.24, 2.45) is 0 Å². The number of hydrogen-bond donors (Lipinski definition) is 1. The van der Waals surface area contributed by atoms with Gasteiger partial charge in [0.2, 0.25) is 0 Å². The van der Waals surface area contributed by atoms with E-state index in [2.05, 4.69) is 31.1 Å². The first-order chi connectivity index (χ1) is 9.99. The van der Waals surface area contributed by atoms with Crippen molar-refractivity contribution in [1.82, 2.24) is 9.78 Å². The number of nitrogens with one attached hydrogen (secondary N) is 1. The molecule has 0 aliphatic heterocycles. The molecule has 1 aromatic heterocycles. The van der Waals surface area contributed by atoms with Gasteiger partial charge in [0.05, 0.1) is 19.0 Å². The first kappa shape index (κ1) is 15.2. The van der Waals surface area contributed by atoms with Gasteiger partial charge < -0.3 is 10.1 Å². The SMILES string of the molecule is COC(=O)Cn1cc(NC(=O)c2ccc(Br)c(C)c2)cn1. The summed E-state index contributed by atoms with van der Waals surface area (Å²) in [4.78, 5) is 23.2. The van der Waals surface area contributed by atoms with Gasteiger partial charge in [0.1, 0.15) is 6.54 Å². The lowest BCUT2D eigenvalue weighted by molar-refractivity contribution is -0.141. The Morgan fingerprint density at radius 3 is 2.86 bits per heavy atom. The number of benzene rings is 1. The van der Waals surface area contributed by atoms with Crippen LogP contribution >= 0.6 is 15.9 Å². The third-order valence-electron chi connectivity index (χ3n) is 2.83. The molecule has 0 saturated carbocycles. The van der Waals surface area contributed by atoms with Gasteiger partial charge in [-0.2, -0.15) is 5.10 Å². The van der Waals surface area contributed by atoms with Gasteiger partial charge in [0.25, 0.3) is 5.91 Å². The van der Waals surface area contributed by atoms with Crippen LogP contribution in [0.2, 0.25) is 0 Å². The molecule has 1 amide bonds. The number of anilines is 1. The summed E-state index contributed by atoms with van der Waals surface area (Å²) in [6.45, 7) is 1.92. The van der Waals surface area contributed by atoms with Crippen LogP contribution in [0, 0.1) is 6.92 Å². The Morgan fingerprint density at radius 1 is 1.43 bits per heavy atom. The van der Waals surface area contributed by atoms with Crippen LogP contribution in [0.3, 0.4) is 0 Å². The Labute approximate surface area is 130 Å². The Kier molecular flexibility index (Phi) is 4.74. The lowest BCUT2D eigenvalue weighted by atomic mass is 10.1. The second kappa shape index (κ2) is 6.53. The van der Waals surface area contributed by atoms with E-state index in [-0.39, 0.29) is 12.5 Å². The molecular formula is C14H14BrN3O3. The van der Waals surface area contributed by atoms with Gasteiger partial charge in [0, 0.05) is 16.2 Å². The zero-order valence-corrected chi connectivity index (χ0v) is 13.2. The molecule has 1 aromatic carbocycles. The number of carbonyl (C=O) groups is 2. The smallest absolute Gasteiger partial charge is 0.327 e. The van der Waals surface area contributed by atoms with Crippen molar-refractivity contribution in [1.29, 1.82) is 0 Å².